The predicted molar refractivity (Wildman–Crippen MR) is 81.6 cm³/mol. The highest BCUT2D eigenvalue weighted by Crippen LogP contribution is 2.68. The van der Waals surface area contributed by atoms with E-state index >= 15 is 0 Å². The first-order chi connectivity index (χ1) is 9.26. The number of halogens is 1. The minimum atomic E-state index is 0.106. The lowest BCUT2D eigenvalue weighted by Gasteiger charge is -2.06. The second-order valence-corrected chi connectivity index (χ2v) is 7.18. The van der Waals surface area contributed by atoms with Crippen LogP contribution >= 0.6 is 11.6 Å². The van der Waals surface area contributed by atoms with E-state index in [0.29, 0.717) is 11.6 Å². The Morgan fingerprint density at radius 3 is 2.45 bits per heavy atom. The maximum absolute atomic E-state index is 12.1. The van der Waals surface area contributed by atoms with Gasteiger partial charge in [0.25, 0.3) is 0 Å². The molecule has 1 N–H and O–H groups in total. The molecular weight excluding hydrogens is 272 g/mol. The van der Waals surface area contributed by atoms with E-state index < -0.39 is 0 Å². The average Bonchev–Trinajstić information content (AvgIpc) is 2.77. The van der Waals surface area contributed by atoms with Gasteiger partial charge in [-0.3, -0.25) is 9.78 Å². The van der Waals surface area contributed by atoms with Crippen molar-refractivity contribution in [2.45, 2.75) is 40.5 Å². The zero-order valence-corrected chi connectivity index (χ0v) is 13.4. The van der Waals surface area contributed by atoms with Crippen molar-refractivity contribution in [3.63, 3.8) is 0 Å². The summed E-state index contributed by atoms with van der Waals surface area (Å²) in [4.78, 5) is 16.4. The van der Waals surface area contributed by atoms with Crippen molar-refractivity contribution < 1.29 is 4.79 Å². The Morgan fingerprint density at radius 1 is 1.30 bits per heavy atom. The number of nitrogens with one attached hydrogen (secondary N) is 1. The van der Waals surface area contributed by atoms with Crippen LogP contribution in [0.15, 0.2) is 18.3 Å². The highest BCUT2D eigenvalue weighted by molar-refractivity contribution is 6.30. The average molecular weight is 295 g/mol. The van der Waals surface area contributed by atoms with Crippen LogP contribution in [0.5, 0.6) is 0 Å². The summed E-state index contributed by atoms with van der Waals surface area (Å²) >= 11 is 5.79. The number of nitrogens with zero attached hydrogens (tertiary/aromatic N) is 1. The number of pyridine rings is 1. The lowest BCUT2D eigenvalue weighted by Crippen LogP contribution is -2.28. The minimum Gasteiger partial charge on any atom is -0.356 e. The van der Waals surface area contributed by atoms with Gasteiger partial charge in [-0.1, -0.05) is 39.3 Å². The summed E-state index contributed by atoms with van der Waals surface area (Å²) in [6, 6.07) is 3.77. The van der Waals surface area contributed by atoms with Crippen molar-refractivity contribution in [2.75, 3.05) is 6.54 Å². The van der Waals surface area contributed by atoms with E-state index in [-0.39, 0.29) is 22.7 Å². The molecule has 0 saturated heterocycles. The fourth-order valence-electron chi connectivity index (χ4n) is 2.99. The number of amides is 1. The largest absolute Gasteiger partial charge is 0.356 e. The van der Waals surface area contributed by atoms with Gasteiger partial charge in [-0.05, 0) is 35.8 Å². The van der Waals surface area contributed by atoms with Gasteiger partial charge in [0.05, 0.1) is 5.02 Å². The van der Waals surface area contributed by atoms with Crippen LogP contribution in [0.25, 0.3) is 0 Å². The van der Waals surface area contributed by atoms with Crippen LogP contribution in [0.3, 0.4) is 0 Å². The number of aromatic nitrogens is 1. The van der Waals surface area contributed by atoms with E-state index in [1.807, 2.05) is 12.1 Å². The zero-order valence-electron chi connectivity index (χ0n) is 12.7. The standard InChI is InChI=1S/C16H23ClN2O/c1-15(2)13(16(15,3)4)14(20)18-9-5-6-12-8-7-11(17)10-19-12/h7-8,10,13H,5-6,9H2,1-4H3,(H,18,20). The SMILES string of the molecule is CC1(C)C(C(=O)NCCCc2ccc(Cl)cn2)C1(C)C. The number of carbonyl (C=O) groups excluding carboxylic acids is 1. The molecule has 1 heterocycles. The Bertz CT molecular complexity index is 480. The van der Waals surface area contributed by atoms with Gasteiger partial charge < -0.3 is 5.32 Å². The summed E-state index contributed by atoms with van der Waals surface area (Å²) < 4.78 is 0. The van der Waals surface area contributed by atoms with Crippen molar-refractivity contribution in [1.82, 2.24) is 10.3 Å². The molecule has 110 valence electrons. The Hall–Kier alpha value is -1.09. The number of hydrogen-bond donors (Lipinski definition) is 1. The van der Waals surface area contributed by atoms with Crippen molar-refractivity contribution >= 4 is 17.5 Å². The monoisotopic (exact) mass is 294 g/mol. The van der Waals surface area contributed by atoms with Gasteiger partial charge in [0, 0.05) is 24.4 Å². The van der Waals surface area contributed by atoms with Crippen LogP contribution in [0, 0.1) is 16.7 Å². The Morgan fingerprint density at radius 2 is 1.95 bits per heavy atom. The van der Waals surface area contributed by atoms with Gasteiger partial charge >= 0.3 is 0 Å². The first-order valence-electron chi connectivity index (χ1n) is 7.15. The highest BCUT2D eigenvalue weighted by Gasteiger charge is 2.68. The van der Waals surface area contributed by atoms with Gasteiger partial charge in [0.15, 0.2) is 0 Å². The summed E-state index contributed by atoms with van der Waals surface area (Å²) in [7, 11) is 0. The molecule has 0 spiro atoms. The van der Waals surface area contributed by atoms with Gasteiger partial charge in [-0.2, -0.15) is 0 Å². The second kappa shape index (κ2) is 5.36. The number of hydrogen-bond acceptors (Lipinski definition) is 2. The van der Waals surface area contributed by atoms with E-state index in [4.69, 9.17) is 11.6 Å². The number of rotatable bonds is 5. The molecule has 1 aliphatic carbocycles. The lowest BCUT2D eigenvalue weighted by atomic mass is 10.0. The third kappa shape index (κ3) is 2.83. The Balaban J connectivity index is 1.72. The van der Waals surface area contributed by atoms with E-state index in [9.17, 15) is 4.79 Å². The van der Waals surface area contributed by atoms with Crippen LogP contribution in [0.1, 0.15) is 39.8 Å². The minimum absolute atomic E-state index is 0.106. The Labute approximate surface area is 126 Å². The number of aryl methyl sites for hydroxylation is 1. The molecule has 2 rings (SSSR count). The highest BCUT2D eigenvalue weighted by atomic mass is 35.5. The molecule has 3 nitrogen and oxygen atoms in total. The first-order valence-corrected chi connectivity index (χ1v) is 7.53. The molecular formula is C16H23ClN2O. The summed E-state index contributed by atoms with van der Waals surface area (Å²) in [5.74, 6) is 0.313. The van der Waals surface area contributed by atoms with Crippen LogP contribution in [-0.4, -0.2) is 17.4 Å². The van der Waals surface area contributed by atoms with Crippen LogP contribution in [0.4, 0.5) is 0 Å². The summed E-state index contributed by atoms with van der Waals surface area (Å²) in [6.07, 6.45) is 3.41. The third-order valence-corrected chi connectivity index (χ3v) is 5.20. The predicted octanol–water partition coefficient (Wildman–Crippen LogP) is 3.47. The molecule has 1 aliphatic rings. The molecule has 4 heteroatoms. The van der Waals surface area contributed by atoms with E-state index in [1.165, 1.54) is 0 Å². The van der Waals surface area contributed by atoms with Crippen molar-refractivity contribution in [3.05, 3.63) is 29.0 Å². The smallest absolute Gasteiger partial charge is 0.224 e. The van der Waals surface area contributed by atoms with Gasteiger partial charge in [0.1, 0.15) is 0 Å². The van der Waals surface area contributed by atoms with Crippen LogP contribution in [-0.2, 0) is 11.2 Å². The van der Waals surface area contributed by atoms with Gasteiger partial charge in [0.2, 0.25) is 5.91 Å². The molecule has 0 aromatic carbocycles. The second-order valence-electron chi connectivity index (χ2n) is 6.74. The molecule has 1 fully saturated rings. The molecule has 20 heavy (non-hydrogen) atoms. The third-order valence-electron chi connectivity index (χ3n) is 4.98. The summed E-state index contributed by atoms with van der Waals surface area (Å²) in [5.41, 5.74) is 1.22. The summed E-state index contributed by atoms with van der Waals surface area (Å²) in [6.45, 7) is 9.35. The lowest BCUT2D eigenvalue weighted by molar-refractivity contribution is -0.123. The fraction of sp³-hybridized carbons (Fsp3) is 0.625. The molecule has 1 aromatic heterocycles. The van der Waals surface area contributed by atoms with Crippen LogP contribution < -0.4 is 5.32 Å². The molecule has 0 aliphatic heterocycles. The maximum Gasteiger partial charge on any atom is 0.224 e. The quantitative estimate of drug-likeness (QED) is 0.845. The topological polar surface area (TPSA) is 42.0 Å². The Kier molecular flexibility index (Phi) is 4.10. The van der Waals surface area contributed by atoms with Crippen molar-refractivity contribution in [2.24, 2.45) is 16.7 Å². The fourth-order valence-corrected chi connectivity index (χ4v) is 3.10. The first kappa shape index (κ1) is 15.3. The van der Waals surface area contributed by atoms with Gasteiger partial charge in [-0.15, -0.1) is 0 Å². The summed E-state index contributed by atoms with van der Waals surface area (Å²) in [5, 5.41) is 3.70. The van der Waals surface area contributed by atoms with E-state index in [2.05, 4.69) is 38.0 Å². The van der Waals surface area contributed by atoms with Crippen molar-refractivity contribution in [3.8, 4) is 0 Å². The van der Waals surface area contributed by atoms with Gasteiger partial charge in [-0.25, -0.2) is 0 Å². The zero-order chi connectivity index (χ0) is 15.0. The molecule has 0 radical (unpaired) electrons. The van der Waals surface area contributed by atoms with Crippen LogP contribution in [0.2, 0.25) is 5.02 Å². The van der Waals surface area contributed by atoms with E-state index in [0.717, 1.165) is 18.5 Å². The molecule has 0 unspecified atom stereocenters. The molecule has 0 bridgehead atoms. The maximum atomic E-state index is 12.1. The molecule has 1 amide bonds. The van der Waals surface area contributed by atoms with Crippen molar-refractivity contribution in [1.29, 1.82) is 0 Å². The number of carbonyl (C=O) groups is 1. The normalized spacial score (nSPS) is 19.6. The molecule has 1 aromatic rings. The van der Waals surface area contributed by atoms with E-state index in [1.54, 1.807) is 6.20 Å². The molecule has 0 atom stereocenters. The molecule has 1 saturated carbocycles.